The second-order valence-electron chi connectivity index (χ2n) is 10.6. The number of aliphatic hydroxyl groups excluding tert-OH is 1. The largest absolute Gasteiger partial charge is 0.497 e. The van der Waals surface area contributed by atoms with E-state index in [9.17, 15) is 19.5 Å². The lowest BCUT2D eigenvalue weighted by Crippen LogP contribution is -2.59. The molecule has 1 N–H and O–H groups in total. The molecule has 41 heavy (non-hydrogen) atoms. The van der Waals surface area contributed by atoms with E-state index in [-0.39, 0.29) is 36.4 Å². The Bertz CT molecular complexity index is 1290. The number of rotatable bonds is 11. The van der Waals surface area contributed by atoms with E-state index in [0.29, 0.717) is 24.3 Å². The van der Waals surface area contributed by atoms with Crippen molar-refractivity contribution in [1.29, 1.82) is 0 Å². The standard InChI is InChI=1S/C31H35BrN2O7/c1-4-15-33(20-11-13-22(39-3)14-12-20)29(37)27-31-17-23(32)26(41-31)24(30(38)40-5-2)25(31)28(36)34(27)21(18-35)16-19-9-7-6-8-10-19/h4,6-14,21,23-27,35H,1,5,15-18H2,2-3H3/t21-,23?,24+,25-,26+,27+,31-/m1/s1. The quantitative estimate of drug-likeness (QED) is 0.232. The SMILES string of the molecule is C=CCN(C(=O)[C@@H]1N([C@@H](CO)Cc2ccccc2)C(=O)[C@H]2[C@H](C(=O)OCC)[C@H]3O[C@@]12CC3Br)c1ccc(OC)cc1. The van der Waals surface area contributed by atoms with Crippen molar-refractivity contribution < 1.29 is 33.7 Å². The molecule has 10 heteroatoms. The number of anilines is 1. The molecule has 0 radical (unpaired) electrons. The van der Waals surface area contributed by atoms with Crippen LogP contribution in [0.4, 0.5) is 5.69 Å². The fourth-order valence-corrected chi connectivity index (χ4v) is 7.69. The summed E-state index contributed by atoms with van der Waals surface area (Å²) in [4.78, 5) is 45.1. The molecule has 1 unspecified atom stereocenters. The van der Waals surface area contributed by atoms with Gasteiger partial charge in [-0.25, -0.2) is 0 Å². The van der Waals surface area contributed by atoms with Gasteiger partial charge in [0.25, 0.3) is 5.91 Å². The Kier molecular flexibility index (Phi) is 8.54. The third-order valence-corrected chi connectivity index (χ3v) is 9.24. The number of likely N-dealkylation sites (tertiary alicyclic amines) is 1. The van der Waals surface area contributed by atoms with Gasteiger partial charge < -0.3 is 29.1 Å². The Balaban J connectivity index is 1.61. The molecular weight excluding hydrogens is 592 g/mol. The van der Waals surface area contributed by atoms with Crippen molar-refractivity contribution in [3.8, 4) is 5.75 Å². The van der Waals surface area contributed by atoms with Gasteiger partial charge in [-0.1, -0.05) is 52.3 Å². The van der Waals surface area contributed by atoms with Gasteiger partial charge >= 0.3 is 5.97 Å². The number of aliphatic hydroxyl groups is 1. The van der Waals surface area contributed by atoms with E-state index in [4.69, 9.17) is 14.2 Å². The van der Waals surface area contributed by atoms with Crippen LogP contribution in [0.25, 0.3) is 0 Å². The predicted molar refractivity (Wildman–Crippen MR) is 156 cm³/mol. The molecule has 9 nitrogen and oxygen atoms in total. The summed E-state index contributed by atoms with van der Waals surface area (Å²) < 4.78 is 17.3. The number of carbonyl (C=O) groups is 3. The highest BCUT2D eigenvalue weighted by molar-refractivity contribution is 9.09. The summed E-state index contributed by atoms with van der Waals surface area (Å²) in [6.45, 7) is 5.53. The number of hydrogen-bond acceptors (Lipinski definition) is 7. The first kappa shape index (κ1) is 29.3. The maximum absolute atomic E-state index is 14.7. The Morgan fingerprint density at radius 1 is 1.24 bits per heavy atom. The Morgan fingerprint density at radius 2 is 1.95 bits per heavy atom. The van der Waals surface area contributed by atoms with Gasteiger partial charge in [0.05, 0.1) is 44.3 Å². The highest BCUT2D eigenvalue weighted by Gasteiger charge is 2.77. The van der Waals surface area contributed by atoms with Gasteiger partial charge in [0.15, 0.2) is 0 Å². The number of halogens is 1. The van der Waals surface area contributed by atoms with Gasteiger partial charge in [-0.2, -0.15) is 0 Å². The Labute approximate surface area is 248 Å². The number of hydrogen-bond donors (Lipinski definition) is 1. The van der Waals surface area contributed by atoms with Crippen LogP contribution in [-0.4, -0.2) is 83.3 Å². The minimum absolute atomic E-state index is 0.160. The van der Waals surface area contributed by atoms with Gasteiger partial charge in [0.1, 0.15) is 17.4 Å². The van der Waals surface area contributed by atoms with E-state index in [0.717, 1.165) is 5.56 Å². The summed E-state index contributed by atoms with van der Waals surface area (Å²) in [6.07, 6.45) is 1.68. The molecule has 2 aromatic carbocycles. The van der Waals surface area contributed by atoms with Crippen LogP contribution in [-0.2, 0) is 30.3 Å². The average Bonchev–Trinajstić information content (AvgIpc) is 3.58. The minimum Gasteiger partial charge on any atom is -0.497 e. The molecule has 2 amide bonds. The number of esters is 1. The molecular formula is C31H35BrN2O7. The van der Waals surface area contributed by atoms with Crippen LogP contribution < -0.4 is 9.64 Å². The monoisotopic (exact) mass is 626 g/mol. The minimum atomic E-state index is -1.28. The Morgan fingerprint density at radius 3 is 2.56 bits per heavy atom. The van der Waals surface area contributed by atoms with Crippen molar-refractivity contribution in [2.75, 3.05) is 31.8 Å². The molecule has 2 bridgehead atoms. The number of ether oxygens (including phenoxy) is 3. The molecule has 1 spiro atoms. The van der Waals surface area contributed by atoms with E-state index < -0.39 is 41.6 Å². The van der Waals surface area contributed by atoms with Crippen LogP contribution in [0.3, 0.4) is 0 Å². The van der Waals surface area contributed by atoms with Crippen LogP contribution in [0.2, 0.25) is 0 Å². The topological polar surface area (TPSA) is 106 Å². The summed E-state index contributed by atoms with van der Waals surface area (Å²) >= 11 is 3.67. The van der Waals surface area contributed by atoms with E-state index in [1.165, 1.54) is 4.90 Å². The fourth-order valence-electron chi connectivity index (χ4n) is 6.75. The van der Waals surface area contributed by atoms with Crippen molar-refractivity contribution in [3.05, 3.63) is 72.8 Å². The van der Waals surface area contributed by atoms with Crippen molar-refractivity contribution in [2.45, 2.75) is 48.4 Å². The van der Waals surface area contributed by atoms with Crippen LogP contribution >= 0.6 is 15.9 Å². The second kappa shape index (κ2) is 12.0. The molecule has 3 heterocycles. The number of alkyl halides is 1. The number of nitrogens with zero attached hydrogens (tertiary/aromatic N) is 2. The number of carbonyl (C=O) groups excluding carboxylic acids is 3. The fraction of sp³-hybridized carbons (Fsp3) is 0.452. The van der Waals surface area contributed by atoms with Crippen molar-refractivity contribution in [3.63, 3.8) is 0 Å². The van der Waals surface area contributed by atoms with Crippen LogP contribution in [0.15, 0.2) is 67.3 Å². The maximum atomic E-state index is 14.7. The molecule has 0 aliphatic carbocycles. The van der Waals surface area contributed by atoms with Gasteiger partial charge in [-0.05, 0) is 49.6 Å². The maximum Gasteiger partial charge on any atom is 0.312 e. The summed E-state index contributed by atoms with van der Waals surface area (Å²) in [6, 6.07) is 14.7. The number of amides is 2. The number of methoxy groups -OCH3 is 1. The van der Waals surface area contributed by atoms with Gasteiger partial charge in [0.2, 0.25) is 5.91 Å². The molecule has 3 saturated heterocycles. The van der Waals surface area contributed by atoms with Crippen molar-refractivity contribution in [1.82, 2.24) is 4.90 Å². The first-order chi connectivity index (χ1) is 19.8. The third-order valence-electron chi connectivity index (χ3n) is 8.40. The second-order valence-corrected chi connectivity index (χ2v) is 11.8. The zero-order valence-corrected chi connectivity index (χ0v) is 24.7. The van der Waals surface area contributed by atoms with Crippen molar-refractivity contribution >= 4 is 39.4 Å². The lowest BCUT2D eigenvalue weighted by atomic mass is 9.70. The highest BCUT2D eigenvalue weighted by Crippen LogP contribution is 2.60. The third kappa shape index (κ3) is 4.96. The molecule has 218 valence electrons. The first-order valence-corrected chi connectivity index (χ1v) is 14.7. The molecule has 3 fully saturated rings. The average molecular weight is 628 g/mol. The van der Waals surface area contributed by atoms with E-state index in [2.05, 4.69) is 22.5 Å². The van der Waals surface area contributed by atoms with Crippen molar-refractivity contribution in [2.24, 2.45) is 11.8 Å². The van der Waals surface area contributed by atoms with Gasteiger partial charge in [-0.3, -0.25) is 14.4 Å². The number of fused-ring (bicyclic) bond motifs is 1. The predicted octanol–water partition coefficient (Wildman–Crippen LogP) is 3.13. The molecule has 3 aliphatic heterocycles. The van der Waals surface area contributed by atoms with Crippen LogP contribution in [0.1, 0.15) is 18.9 Å². The van der Waals surface area contributed by atoms with E-state index >= 15 is 0 Å². The van der Waals surface area contributed by atoms with Gasteiger partial charge in [-0.15, -0.1) is 6.58 Å². The van der Waals surface area contributed by atoms with Crippen LogP contribution in [0.5, 0.6) is 5.75 Å². The normalized spacial score (nSPS) is 28.7. The van der Waals surface area contributed by atoms with E-state index in [1.807, 2.05) is 30.3 Å². The summed E-state index contributed by atoms with van der Waals surface area (Å²) in [5.41, 5.74) is 0.223. The highest BCUT2D eigenvalue weighted by atomic mass is 79.9. The first-order valence-electron chi connectivity index (χ1n) is 13.8. The molecule has 2 aromatic rings. The summed E-state index contributed by atoms with van der Waals surface area (Å²) in [5.74, 6) is -2.42. The smallest absolute Gasteiger partial charge is 0.312 e. The zero-order valence-electron chi connectivity index (χ0n) is 23.1. The lowest BCUT2D eigenvalue weighted by molar-refractivity contribution is -0.155. The molecule has 0 saturated carbocycles. The molecule has 0 aromatic heterocycles. The summed E-state index contributed by atoms with van der Waals surface area (Å²) in [7, 11) is 1.56. The van der Waals surface area contributed by atoms with E-state index in [1.54, 1.807) is 49.3 Å². The summed E-state index contributed by atoms with van der Waals surface area (Å²) in [5, 5.41) is 10.6. The molecule has 7 atom stereocenters. The van der Waals surface area contributed by atoms with Gasteiger partial charge in [0, 0.05) is 17.1 Å². The lowest BCUT2D eigenvalue weighted by Gasteiger charge is -2.39. The Hall–Kier alpha value is -3.21. The molecule has 3 aliphatic rings. The number of benzene rings is 2. The molecule has 5 rings (SSSR count). The zero-order chi connectivity index (χ0) is 29.3. The van der Waals surface area contributed by atoms with Crippen LogP contribution in [0, 0.1) is 11.8 Å².